The monoisotopic (exact) mass is 359 g/mol. The third-order valence-electron chi connectivity index (χ3n) is 5.28. The van der Waals surface area contributed by atoms with Gasteiger partial charge in [-0.05, 0) is 38.5 Å². The molecule has 0 bridgehead atoms. The zero-order chi connectivity index (χ0) is 18.8. The van der Waals surface area contributed by atoms with Gasteiger partial charge in [0.1, 0.15) is 6.04 Å². The number of rotatable bonds is 4. The van der Waals surface area contributed by atoms with E-state index in [-0.39, 0.29) is 24.4 Å². The van der Waals surface area contributed by atoms with Crippen LogP contribution in [0.25, 0.3) is 0 Å². The van der Waals surface area contributed by atoms with E-state index in [4.69, 9.17) is 5.73 Å². The fraction of sp³-hybridized carbons (Fsp3) is 0.619. The number of nitrogens with two attached hydrogens (primary N) is 1. The third-order valence-corrected chi connectivity index (χ3v) is 5.28. The Hall–Kier alpha value is -1.88. The predicted molar refractivity (Wildman–Crippen MR) is 105 cm³/mol. The highest BCUT2D eigenvalue weighted by molar-refractivity contribution is 5.88. The van der Waals surface area contributed by atoms with Gasteiger partial charge in [0.25, 0.3) is 0 Å². The Bertz CT molecular complexity index is 556. The first-order valence-electron chi connectivity index (χ1n) is 9.90. The SMILES string of the molecule is Cc1ccccc1.NCC(=O)N1CCCC1C(=O)NCC1CCCCC1. The zero-order valence-corrected chi connectivity index (χ0v) is 16.0. The van der Waals surface area contributed by atoms with Crippen molar-refractivity contribution in [2.45, 2.75) is 57.9 Å². The summed E-state index contributed by atoms with van der Waals surface area (Å²) in [6.45, 7) is 3.50. The van der Waals surface area contributed by atoms with Gasteiger partial charge in [-0.3, -0.25) is 9.59 Å². The number of hydrogen-bond donors (Lipinski definition) is 2. The summed E-state index contributed by atoms with van der Waals surface area (Å²) in [5.74, 6) is 0.512. The van der Waals surface area contributed by atoms with Crippen molar-refractivity contribution in [3.8, 4) is 0 Å². The summed E-state index contributed by atoms with van der Waals surface area (Å²) in [5.41, 5.74) is 6.70. The van der Waals surface area contributed by atoms with Gasteiger partial charge in [0.15, 0.2) is 0 Å². The Kier molecular flexibility index (Phi) is 8.62. The van der Waals surface area contributed by atoms with Crippen molar-refractivity contribution in [2.24, 2.45) is 11.7 Å². The van der Waals surface area contributed by atoms with Crippen LogP contribution in [-0.4, -0.2) is 42.4 Å². The lowest BCUT2D eigenvalue weighted by molar-refractivity contribution is -0.137. The molecule has 1 heterocycles. The smallest absolute Gasteiger partial charge is 0.242 e. The maximum Gasteiger partial charge on any atom is 0.242 e. The van der Waals surface area contributed by atoms with E-state index in [1.807, 2.05) is 18.2 Å². The van der Waals surface area contributed by atoms with Gasteiger partial charge in [0, 0.05) is 13.1 Å². The van der Waals surface area contributed by atoms with Gasteiger partial charge in [0.05, 0.1) is 6.54 Å². The molecule has 3 rings (SSSR count). The van der Waals surface area contributed by atoms with E-state index in [1.54, 1.807) is 4.90 Å². The molecule has 2 amide bonds. The summed E-state index contributed by atoms with van der Waals surface area (Å²) in [4.78, 5) is 25.5. The zero-order valence-electron chi connectivity index (χ0n) is 16.0. The van der Waals surface area contributed by atoms with Crippen molar-refractivity contribution >= 4 is 11.8 Å². The largest absolute Gasteiger partial charge is 0.354 e. The van der Waals surface area contributed by atoms with Gasteiger partial charge >= 0.3 is 0 Å². The Morgan fingerprint density at radius 1 is 1.08 bits per heavy atom. The maximum atomic E-state index is 12.2. The Morgan fingerprint density at radius 2 is 1.77 bits per heavy atom. The lowest BCUT2D eigenvalue weighted by Crippen LogP contribution is -2.48. The van der Waals surface area contributed by atoms with Gasteiger partial charge in [-0.1, -0.05) is 55.2 Å². The number of likely N-dealkylation sites (tertiary alicyclic amines) is 1. The van der Waals surface area contributed by atoms with Gasteiger partial charge in [-0.15, -0.1) is 0 Å². The number of aryl methyl sites for hydroxylation is 1. The normalized spacial score (nSPS) is 20.2. The fourth-order valence-electron chi connectivity index (χ4n) is 3.74. The van der Waals surface area contributed by atoms with E-state index in [2.05, 4.69) is 24.4 Å². The standard InChI is InChI=1S/C14H25N3O2.C7H8/c15-9-13(18)17-8-4-7-12(17)14(19)16-10-11-5-2-1-3-6-11;1-7-5-3-2-4-6-7/h11-12H,1-10,15H2,(H,16,19);2-6H,1H3. The van der Waals surface area contributed by atoms with Crippen LogP contribution in [0.15, 0.2) is 30.3 Å². The molecule has 5 nitrogen and oxygen atoms in total. The maximum absolute atomic E-state index is 12.2. The van der Waals surface area contributed by atoms with Gasteiger partial charge in [0.2, 0.25) is 11.8 Å². The van der Waals surface area contributed by atoms with Crippen molar-refractivity contribution in [3.63, 3.8) is 0 Å². The molecule has 0 aromatic heterocycles. The van der Waals surface area contributed by atoms with E-state index in [0.717, 1.165) is 19.4 Å². The summed E-state index contributed by atoms with van der Waals surface area (Å²) < 4.78 is 0. The van der Waals surface area contributed by atoms with E-state index in [9.17, 15) is 9.59 Å². The van der Waals surface area contributed by atoms with Crippen molar-refractivity contribution in [2.75, 3.05) is 19.6 Å². The molecule has 26 heavy (non-hydrogen) atoms. The number of nitrogens with zero attached hydrogens (tertiary/aromatic N) is 1. The fourth-order valence-corrected chi connectivity index (χ4v) is 3.74. The predicted octanol–water partition coefficient (Wildman–Crippen LogP) is 2.63. The molecule has 1 saturated carbocycles. The number of nitrogens with one attached hydrogen (secondary N) is 1. The lowest BCUT2D eigenvalue weighted by atomic mass is 9.89. The molecule has 0 radical (unpaired) electrons. The van der Waals surface area contributed by atoms with Crippen LogP contribution in [0.5, 0.6) is 0 Å². The lowest BCUT2D eigenvalue weighted by Gasteiger charge is -2.26. The first kappa shape index (κ1) is 20.4. The second-order valence-electron chi connectivity index (χ2n) is 7.35. The second-order valence-corrected chi connectivity index (χ2v) is 7.35. The van der Waals surface area contributed by atoms with Crippen molar-refractivity contribution < 1.29 is 9.59 Å². The summed E-state index contributed by atoms with van der Waals surface area (Å²) in [5, 5.41) is 3.03. The molecule has 1 aromatic rings. The molecular weight excluding hydrogens is 326 g/mol. The highest BCUT2D eigenvalue weighted by Gasteiger charge is 2.33. The van der Waals surface area contributed by atoms with Gasteiger partial charge in [-0.25, -0.2) is 0 Å². The molecule has 1 atom stereocenters. The topological polar surface area (TPSA) is 75.4 Å². The summed E-state index contributed by atoms with van der Waals surface area (Å²) >= 11 is 0. The van der Waals surface area contributed by atoms with E-state index >= 15 is 0 Å². The number of benzene rings is 1. The van der Waals surface area contributed by atoms with Crippen LogP contribution >= 0.6 is 0 Å². The molecule has 144 valence electrons. The minimum atomic E-state index is -0.292. The van der Waals surface area contributed by atoms with Crippen LogP contribution in [0.2, 0.25) is 0 Å². The minimum Gasteiger partial charge on any atom is -0.354 e. The van der Waals surface area contributed by atoms with Crippen molar-refractivity contribution in [3.05, 3.63) is 35.9 Å². The highest BCUT2D eigenvalue weighted by Crippen LogP contribution is 2.23. The summed E-state index contributed by atoms with van der Waals surface area (Å²) in [7, 11) is 0. The summed E-state index contributed by atoms with van der Waals surface area (Å²) in [6.07, 6.45) is 7.98. The number of hydrogen-bond acceptors (Lipinski definition) is 3. The van der Waals surface area contributed by atoms with Gasteiger partial charge in [-0.2, -0.15) is 0 Å². The first-order chi connectivity index (χ1) is 12.6. The average Bonchev–Trinajstić information content (AvgIpc) is 3.17. The Labute approximate surface area is 157 Å². The molecule has 1 aromatic carbocycles. The Balaban J connectivity index is 0.000000290. The van der Waals surface area contributed by atoms with Gasteiger partial charge < -0.3 is 16.0 Å². The van der Waals surface area contributed by atoms with Crippen LogP contribution in [0.1, 0.15) is 50.5 Å². The van der Waals surface area contributed by atoms with Crippen LogP contribution in [0.3, 0.4) is 0 Å². The van der Waals surface area contributed by atoms with Crippen LogP contribution in [0.4, 0.5) is 0 Å². The molecule has 1 saturated heterocycles. The highest BCUT2D eigenvalue weighted by atomic mass is 16.2. The van der Waals surface area contributed by atoms with E-state index < -0.39 is 0 Å². The van der Waals surface area contributed by atoms with Crippen LogP contribution in [-0.2, 0) is 9.59 Å². The van der Waals surface area contributed by atoms with Crippen molar-refractivity contribution in [1.29, 1.82) is 0 Å². The molecule has 0 spiro atoms. The summed E-state index contributed by atoms with van der Waals surface area (Å²) in [6, 6.07) is 9.97. The van der Waals surface area contributed by atoms with Crippen LogP contribution in [0, 0.1) is 12.8 Å². The molecule has 3 N–H and O–H groups in total. The first-order valence-corrected chi connectivity index (χ1v) is 9.90. The molecule has 5 heteroatoms. The molecule has 2 fully saturated rings. The second kappa shape index (κ2) is 11.0. The van der Waals surface area contributed by atoms with E-state index in [1.165, 1.54) is 37.7 Å². The molecule has 1 aliphatic carbocycles. The Morgan fingerprint density at radius 3 is 2.35 bits per heavy atom. The number of amides is 2. The number of carbonyl (C=O) groups is 2. The third kappa shape index (κ3) is 6.45. The van der Waals surface area contributed by atoms with Crippen LogP contribution < -0.4 is 11.1 Å². The van der Waals surface area contributed by atoms with E-state index in [0.29, 0.717) is 12.5 Å². The molecule has 1 unspecified atom stereocenters. The minimum absolute atomic E-state index is 0.00451. The molecule has 1 aliphatic heterocycles. The van der Waals surface area contributed by atoms with Crippen molar-refractivity contribution in [1.82, 2.24) is 10.2 Å². The molecule has 2 aliphatic rings. The average molecular weight is 360 g/mol. The quantitative estimate of drug-likeness (QED) is 0.868. The molecular formula is C21H33N3O2. The number of carbonyl (C=O) groups excluding carboxylic acids is 2.